The summed E-state index contributed by atoms with van der Waals surface area (Å²) >= 11 is 0. The van der Waals surface area contributed by atoms with E-state index in [0.717, 1.165) is 12.4 Å². The molecule has 0 bridgehead atoms. The number of nitrogens with one attached hydrogen (secondary N) is 1. The highest BCUT2D eigenvalue weighted by atomic mass is 19.1. The van der Waals surface area contributed by atoms with Crippen LogP contribution in [0.15, 0.2) is 59.7 Å². The van der Waals surface area contributed by atoms with E-state index in [1.54, 1.807) is 24.3 Å². The van der Waals surface area contributed by atoms with Crippen LogP contribution in [0, 0.1) is 11.6 Å². The lowest BCUT2D eigenvalue weighted by molar-refractivity contribution is 0.578. The smallest absolute Gasteiger partial charge is 0.249 e. The van der Waals surface area contributed by atoms with Crippen LogP contribution in [0.25, 0.3) is 33.7 Å². The fourth-order valence-corrected chi connectivity index (χ4v) is 2.58. The third-order valence-electron chi connectivity index (χ3n) is 3.69. The Morgan fingerprint density at radius 2 is 1.56 bits per heavy atom. The molecule has 0 saturated heterocycles. The summed E-state index contributed by atoms with van der Waals surface area (Å²) in [7, 11) is 0. The molecular formula is C18H10F2N4O. The topological polar surface area (TPSA) is 71.5 Å². The Morgan fingerprint density at radius 1 is 0.840 bits per heavy atom. The number of aromatic amines is 1. The summed E-state index contributed by atoms with van der Waals surface area (Å²) in [5.41, 5.74) is 0.841. The highest BCUT2D eigenvalue weighted by molar-refractivity contribution is 5.84. The minimum absolute atomic E-state index is 0.0446. The van der Waals surface area contributed by atoms with Gasteiger partial charge in [0.15, 0.2) is 17.3 Å². The van der Waals surface area contributed by atoms with Crippen molar-refractivity contribution in [3.05, 3.63) is 76.8 Å². The summed E-state index contributed by atoms with van der Waals surface area (Å²) in [6, 6.07) is 11.6. The summed E-state index contributed by atoms with van der Waals surface area (Å²) < 4.78 is 28.5. The molecule has 0 atom stereocenters. The van der Waals surface area contributed by atoms with Crippen molar-refractivity contribution < 1.29 is 8.78 Å². The SMILES string of the molecule is O=c1ccc2nc(-c3c(F)cncc3F)c(-c3ccccc3)nc2[nH]1. The molecule has 0 amide bonds. The maximum atomic E-state index is 14.3. The van der Waals surface area contributed by atoms with Gasteiger partial charge in [-0.25, -0.2) is 18.7 Å². The molecule has 0 aliphatic rings. The molecule has 122 valence electrons. The van der Waals surface area contributed by atoms with E-state index in [1.165, 1.54) is 12.1 Å². The van der Waals surface area contributed by atoms with Gasteiger partial charge in [0.1, 0.15) is 11.2 Å². The lowest BCUT2D eigenvalue weighted by Crippen LogP contribution is -2.07. The predicted molar refractivity (Wildman–Crippen MR) is 88.7 cm³/mol. The molecule has 0 aliphatic carbocycles. The minimum atomic E-state index is -0.838. The number of hydrogen-bond acceptors (Lipinski definition) is 4. The molecule has 25 heavy (non-hydrogen) atoms. The van der Waals surface area contributed by atoms with E-state index in [2.05, 4.69) is 19.9 Å². The van der Waals surface area contributed by atoms with E-state index < -0.39 is 11.6 Å². The number of fused-ring (bicyclic) bond motifs is 1. The average molecular weight is 336 g/mol. The zero-order chi connectivity index (χ0) is 17.4. The number of H-pyrrole nitrogens is 1. The standard InChI is InChI=1S/C18H10F2N4O/c19-11-8-21-9-12(20)15(11)17-16(10-4-2-1-3-5-10)24-18-13(22-17)6-7-14(25)23-18/h1-9H,(H,23,24,25). The Bertz CT molecular complexity index is 1120. The van der Waals surface area contributed by atoms with E-state index in [0.29, 0.717) is 11.1 Å². The van der Waals surface area contributed by atoms with Gasteiger partial charge in [0.25, 0.3) is 0 Å². The maximum absolute atomic E-state index is 14.3. The van der Waals surface area contributed by atoms with E-state index in [9.17, 15) is 13.6 Å². The molecule has 0 saturated carbocycles. The summed E-state index contributed by atoms with van der Waals surface area (Å²) in [5, 5.41) is 0. The third kappa shape index (κ3) is 2.65. The third-order valence-corrected chi connectivity index (χ3v) is 3.69. The van der Waals surface area contributed by atoms with Crippen molar-refractivity contribution in [1.29, 1.82) is 0 Å². The molecule has 0 radical (unpaired) electrons. The molecule has 0 aliphatic heterocycles. The highest BCUT2D eigenvalue weighted by Crippen LogP contribution is 2.32. The van der Waals surface area contributed by atoms with Gasteiger partial charge in [0.05, 0.1) is 23.7 Å². The summed E-state index contributed by atoms with van der Waals surface area (Å²) in [4.78, 5) is 26.4. The average Bonchev–Trinajstić information content (AvgIpc) is 2.62. The van der Waals surface area contributed by atoms with Crippen molar-refractivity contribution in [2.24, 2.45) is 0 Å². The van der Waals surface area contributed by atoms with Crippen molar-refractivity contribution in [3.63, 3.8) is 0 Å². The largest absolute Gasteiger partial charge is 0.305 e. The van der Waals surface area contributed by atoms with Gasteiger partial charge in [-0.1, -0.05) is 30.3 Å². The van der Waals surface area contributed by atoms with E-state index in [1.807, 2.05) is 6.07 Å². The second-order valence-corrected chi connectivity index (χ2v) is 5.32. The molecule has 4 aromatic rings. The van der Waals surface area contributed by atoms with Crippen LogP contribution in [0.2, 0.25) is 0 Å². The number of aromatic nitrogens is 4. The van der Waals surface area contributed by atoms with Gasteiger partial charge in [0.2, 0.25) is 5.56 Å². The normalized spacial score (nSPS) is 11.0. The minimum Gasteiger partial charge on any atom is -0.305 e. The Morgan fingerprint density at radius 3 is 2.28 bits per heavy atom. The fraction of sp³-hybridized carbons (Fsp3) is 0. The highest BCUT2D eigenvalue weighted by Gasteiger charge is 2.20. The van der Waals surface area contributed by atoms with Crippen LogP contribution < -0.4 is 5.56 Å². The number of pyridine rings is 2. The van der Waals surface area contributed by atoms with Gasteiger partial charge in [-0.05, 0) is 6.07 Å². The summed E-state index contributed by atoms with van der Waals surface area (Å²) in [6.45, 7) is 0. The van der Waals surface area contributed by atoms with Crippen LogP contribution in [0.5, 0.6) is 0 Å². The number of rotatable bonds is 2. The monoisotopic (exact) mass is 336 g/mol. The predicted octanol–water partition coefficient (Wildman–Crippen LogP) is 3.33. The van der Waals surface area contributed by atoms with Crippen molar-refractivity contribution in [2.75, 3.05) is 0 Å². The molecule has 7 heteroatoms. The van der Waals surface area contributed by atoms with Gasteiger partial charge < -0.3 is 4.98 Å². The first kappa shape index (κ1) is 15.1. The van der Waals surface area contributed by atoms with Gasteiger partial charge in [-0.15, -0.1) is 0 Å². The number of nitrogens with zero attached hydrogens (tertiary/aromatic N) is 3. The Kier molecular flexibility index (Phi) is 3.53. The van der Waals surface area contributed by atoms with Crippen molar-refractivity contribution >= 4 is 11.2 Å². The first-order valence-electron chi connectivity index (χ1n) is 7.39. The second kappa shape index (κ2) is 5.86. The van der Waals surface area contributed by atoms with Crippen molar-refractivity contribution in [2.45, 2.75) is 0 Å². The fourth-order valence-electron chi connectivity index (χ4n) is 2.58. The van der Waals surface area contributed by atoms with Gasteiger partial charge in [-0.2, -0.15) is 0 Å². The van der Waals surface area contributed by atoms with Crippen LogP contribution >= 0.6 is 0 Å². The molecule has 0 unspecified atom stereocenters. The molecule has 1 aromatic carbocycles. The van der Waals surface area contributed by atoms with Gasteiger partial charge in [0, 0.05) is 11.6 Å². The molecule has 3 heterocycles. The molecular weight excluding hydrogens is 326 g/mol. The number of hydrogen-bond donors (Lipinski definition) is 1. The van der Waals surface area contributed by atoms with Crippen LogP contribution in [0.3, 0.4) is 0 Å². The molecule has 1 N–H and O–H groups in total. The van der Waals surface area contributed by atoms with Crippen molar-refractivity contribution in [3.8, 4) is 22.5 Å². The van der Waals surface area contributed by atoms with Gasteiger partial charge in [-0.3, -0.25) is 9.78 Å². The van der Waals surface area contributed by atoms with Crippen LogP contribution in [0.4, 0.5) is 8.78 Å². The number of halogens is 2. The molecule has 0 fully saturated rings. The quantitative estimate of drug-likeness (QED) is 0.609. The Balaban J connectivity index is 2.12. The first-order chi connectivity index (χ1) is 12.1. The van der Waals surface area contributed by atoms with E-state index in [-0.39, 0.29) is 28.2 Å². The zero-order valence-corrected chi connectivity index (χ0v) is 12.7. The van der Waals surface area contributed by atoms with Gasteiger partial charge >= 0.3 is 0 Å². The second-order valence-electron chi connectivity index (χ2n) is 5.32. The molecule has 5 nitrogen and oxygen atoms in total. The lowest BCUT2D eigenvalue weighted by Gasteiger charge is -2.11. The molecule has 0 spiro atoms. The van der Waals surface area contributed by atoms with Crippen LogP contribution in [-0.2, 0) is 0 Å². The van der Waals surface area contributed by atoms with Crippen LogP contribution in [0.1, 0.15) is 0 Å². The lowest BCUT2D eigenvalue weighted by atomic mass is 10.0. The number of benzene rings is 1. The van der Waals surface area contributed by atoms with Crippen LogP contribution in [-0.4, -0.2) is 19.9 Å². The first-order valence-corrected chi connectivity index (χ1v) is 7.39. The summed E-state index contributed by atoms with van der Waals surface area (Å²) in [5.74, 6) is -1.68. The Labute approximate surface area is 140 Å². The molecule has 4 rings (SSSR count). The summed E-state index contributed by atoms with van der Waals surface area (Å²) in [6.07, 6.45) is 1.85. The maximum Gasteiger partial charge on any atom is 0.249 e. The van der Waals surface area contributed by atoms with E-state index in [4.69, 9.17) is 0 Å². The Hall–Kier alpha value is -3.48. The zero-order valence-electron chi connectivity index (χ0n) is 12.7. The van der Waals surface area contributed by atoms with E-state index >= 15 is 0 Å². The molecule has 3 aromatic heterocycles. The van der Waals surface area contributed by atoms with Crippen molar-refractivity contribution in [1.82, 2.24) is 19.9 Å².